The Balaban J connectivity index is 2.59. The summed E-state index contributed by atoms with van der Waals surface area (Å²) in [5, 5.41) is 3.07. The molecule has 3 nitrogen and oxygen atoms in total. The first-order valence-corrected chi connectivity index (χ1v) is 6.27. The maximum Gasteiger partial charge on any atom is 0.328 e. The van der Waals surface area contributed by atoms with Gasteiger partial charge in [-0.15, -0.1) is 0 Å². The molecule has 0 aliphatic rings. The van der Waals surface area contributed by atoms with Crippen LogP contribution in [0.25, 0.3) is 0 Å². The molecule has 1 atom stereocenters. The van der Waals surface area contributed by atoms with Crippen molar-refractivity contribution in [1.29, 1.82) is 0 Å². The van der Waals surface area contributed by atoms with E-state index in [1.54, 1.807) is 12.1 Å². The third-order valence-corrected chi connectivity index (χ3v) is 2.77. The van der Waals surface area contributed by atoms with E-state index in [0.29, 0.717) is 0 Å². The summed E-state index contributed by atoms with van der Waals surface area (Å²) < 4.78 is 17.5. The number of halogens is 1. The molecule has 1 aromatic carbocycles. The van der Waals surface area contributed by atoms with Crippen LogP contribution in [0.3, 0.4) is 0 Å². The SMILES string of the molecule is CCCCCC(Nc1ccc(F)cc1)C(=O)OC. The molecule has 100 valence electrons. The van der Waals surface area contributed by atoms with Gasteiger partial charge in [0.1, 0.15) is 11.9 Å². The summed E-state index contributed by atoms with van der Waals surface area (Å²) in [4.78, 5) is 11.6. The lowest BCUT2D eigenvalue weighted by Gasteiger charge is -2.17. The number of esters is 1. The van der Waals surface area contributed by atoms with Crippen LogP contribution in [0.5, 0.6) is 0 Å². The highest BCUT2D eigenvalue weighted by Gasteiger charge is 2.18. The summed E-state index contributed by atoms with van der Waals surface area (Å²) in [6.45, 7) is 2.11. The van der Waals surface area contributed by atoms with Gasteiger partial charge in [-0.25, -0.2) is 9.18 Å². The van der Waals surface area contributed by atoms with E-state index >= 15 is 0 Å². The second kappa shape index (κ2) is 7.69. The van der Waals surface area contributed by atoms with Crippen LogP contribution in [0, 0.1) is 5.82 Å². The number of unbranched alkanes of at least 4 members (excludes halogenated alkanes) is 2. The predicted molar refractivity (Wildman–Crippen MR) is 70.0 cm³/mol. The lowest BCUT2D eigenvalue weighted by Crippen LogP contribution is -2.30. The van der Waals surface area contributed by atoms with E-state index in [9.17, 15) is 9.18 Å². The molecule has 1 N–H and O–H groups in total. The Morgan fingerprint density at radius 2 is 2.00 bits per heavy atom. The number of methoxy groups -OCH3 is 1. The maximum atomic E-state index is 12.8. The van der Waals surface area contributed by atoms with Crippen molar-refractivity contribution in [2.45, 2.75) is 38.6 Å². The Kier molecular flexibility index (Phi) is 6.19. The molecule has 4 heteroatoms. The van der Waals surface area contributed by atoms with Gasteiger partial charge < -0.3 is 10.1 Å². The normalized spacial score (nSPS) is 11.9. The highest BCUT2D eigenvalue weighted by molar-refractivity contribution is 5.79. The molecule has 0 aliphatic heterocycles. The molecule has 0 saturated heterocycles. The monoisotopic (exact) mass is 253 g/mol. The van der Waals surface area contributed by atoms with Crippen molar-refractivity contribution < 1.29 is 13.9 Å². The van der Waals surface area contributed by atoms with Gasteiger partial charge in [0.2, 0.25) is 0 Å². The van der Waals surface area contributed by atoms with Crippen LogP contribution < -0.4 is 5.32 Å². The molecule has 1 aromatic rings. The number of hydrogen-bond donors (Lipinski definition) is 1. The second-order valence-electron chi connectivity index (χ2n) is 4.22. The van der Waals surface area contributed by atoms with Crippen molar-refractivity contribution in [3.8, 4) is 0 Å². The van der Waals surface area contributed by atoms with Gasteiger partial charge in [-0.2, -0.15) is 0 Å². The molecule has 0 saturated carbocycles. The molecule has 0 amide bonds. The molecule has 0 bridgehead atoms. The second-order valence-corrected chi connectivity index (χ2v) is 4.22. The standard InChI is InChI=1S/C14H20FNO2/c1-3-4-5-6-13(14(17)18-2)16-12-9-7-11(15)8-10-12/h7-10,13,16H,3-6H2,1-2H3. The van der Waals surface area contributed by atoms with Gasteiger partial charge >= 0.3 is 5.97 Å². The van der Waals surface area contributed by atoms with Crippen molar-refractivity contribution in [2.24, 2.45) is 0 Å². The summed E-state index contributed by atoms with van der Waals surface area (Å²) >= 11 is 0. The van der Waals surface area contributed by atoms with Gasteiger partial charge in [0.15, 0.2) is 0 Å². The van der Waals surface area contributed by atoms with Crippen LogP contribution in [0.2, 0.25) is 0 Å². The number of benzene rings is 1. The summed E-state index contributed by atoms with van der Waals surface area (Å²) in [6.07, 6.45) is 3.87. The number of carbonyl (C=O) groups excluding carboxylic acids is 1. The molecule has 0 aromatic heterocycles. The molecule has 0 aliphatic carbocycles. The predicted octanol–water partition coefficient (Wildman–Crippen LogP) is 3.36. The van der Waals surface area contributed by atoms with Gasteiger partial charge in [-0.3, -0.25) is 0 Å². The summed E-state index contributed by atoms with van der Waals surface area (Å²) in [6, 6.07) is 5.59. The largest absolute Gasteiger partial charge is 0.467 e. The van der Waals surface area contributed by atoms with E-state index in [4.69, 9.17) is 4.74 Å². The first-order chi connectivity index (χ1) is 8.67. The molecule has 1 unspecified atom stereocenters. The number of nitrogens with one attached hydrogen (secondary N) is 1. The quantitative estimate of drug-likeness (QED) is 0.598. The van der Waals surface area contributed by atoms with Crippen molar-refractivity contribution in [2.75, 3.05) is 12.4 Å². The minimum atomic E-state index is -0.369. The first kappa shape index (κ1) is 14.5. The number of carbonyl (C=O) groups is 1. The third-order valence-electron chi connectivity index (χ3n) is 2.77. The Morgan fingerprint density at radius 3 is 2.56 bits per heavy atom. The topological polar surface area (TPSA) is 38.3 Å². The summed E-state index contributed by atoms with van der Waals surface area (Å²) in [5.74, 6) is -0.573. The van der Waals surface area contributed by atoms with Gasteiger partial charge in [-0.1, -0.05) is 26.2 Å². The highest BCUT2D eigenvalue weighted by Crippen LogP contribution is 2.14. The van der Waals surface area contributed by atoms with Crippen LogP contribution in [0.15, 0.2) is 24.3 Å². The number of anilines is 1. The zero-order chi connectivity index (χ0) is 13.4. The molecular weight excluding hydrogens is 233 g/mol. The van der Waals surface area contributed by atoms with Crippen molar-refractivity contribution in [3.63, 3.8) is 0 Å². The Labute approximate surface area is 107 Å². The lowest BCUT2D eigenvalue weighted by molar-refractivity contribution is -0.141. The molecule has 0 radical (unpaired) electrons. The fourth-order valence-electron chi connectivity index (χ4n) is 1.74. The minimum Gasteiger partial charge on any atom is -0.467 e. The number of ether oxygens (including phenoxy) is 1. The Bertz CT molecular complexity index is 365. The average molecular weight is 253 g/mol. The smallest absolute Gasteiger partial charge is 0.328 e. The van der Waals surface area contributed by atoms with Gasteiger partial charge in [0, 0.05) is 5.69 Å². The highest BCUT2D eigenvalue weighted by atomic mass is 19.1. The molecule has 0 fully saturated rings. The van der Waals surface area contributed by atoms with E-state index < -0.39 is 0 Å². The summed E-state index contributed by atoms with van der Waals surface area (Å²) in [7, 11) is 1.38. The van der Waals surface area contributed by atoms with Gasteiger partial charge in [0.25, 0.3) is 0 Å². The van der Waals surface area contributed by atoms with E-state index in [2.05, 4.69) is 12.2 Å². The van der Waals surface area contributed by atoms with E-state index in [-0.39, 0.29) is 17.8 Å². The van der Waals surface area contributed by atoms with Crippen LogP contribution in [-0.2, 0) is 9.53 Å². The minimum absolute atomic E-state index is 0.282. The zero-order valence-electron chi connectivity index (χ0n) is 10.9. The average Bonchev–Trinajstić information content (AvgIpc) is 2.39. The Morgan fingerprint density at radius 1 is 1.33 bits per heavy atom. The zero-order valence-corrected chi connectivity index (χ0v) is 10.9. The summed E-state index contributed by atoms with van der Waals surface area (Å²) in [5.41, 5.74) is 0.725. The first-order valence-electron chi connectivity index (χ1n) is 6.27. The molecule has 18 heavy (non-hydrogen) atoms. The fraction of sp³-hybridized carbons (Fsp3) is 0.500. The van der Waals surface area contributed by atoms with Crippen molar-refractivity contribution in [1.82, 2.24) is 0 Å². The van der Waals surface area contributed by atoms with Crippen LogP contribution in [0.4, 0.5) is 10.1 Å². The van der Waals surface area contributed by atoms with Crippen molar-refractivity contribution in [3.05, 3.63) is 30.1 Å². The van der Waals surface area contributed by atoms with Gasteiger partial charge in [0.05, 0.1) is 7.11 Å². The third kappa shape index (κ3) is 4.73. The van der Waals surface area contributed by atoms with Crippen LogP contribution in [-0.4, -0.2) is 19.1 Å². The fourth-order valence-corrected chi connectivity index (χ4v) is 1.74. The molecular formula is C14H20FNO2. The number of rotatable bonds is 7. The van der Waals surface area contributed by atoms with Crippen LogP contribution in [0.1, 0.15) is 32.6 Å². The van der Waals surface area contributed by atoms with Gasteiger partial charge in [-0.05, 0) is 30.7 Å². The van der Waals surface area contributed by atoms with E-state index in [1.807, 2.05) is 0 Å². The molecule has 0 heterocycles. The lowest BCUT2D eigenvalue weighted by atomic mass is 10.1. The van der Waals surface area contributed by atoms with Crippen molar-refractivity contribution >= 4 is 11.7 Å². The molecule has 1 rings (SSSR count). The Hall–Kier alpha value is -1.58. The van der Waals surface area contributed by atoms with E-state index in [1.165, 1.54) is 19.2 Å². The maximum absolute atomic E-state index is 12.8. The van der Waals surface area contributed by atoms with Crippen LogP contribution >= 0.6 is 0 Å². The van der Waals surface area contributed by atoms with E-state index in [0.717, 1.165) is 31.4 Å². The number of hydrogen-bond acceptors (Lipinski definition) is 3. The molecule has 0 spiro atoms.